The summed E-state index contributed by atoms with van der Waals surface area (Å²) in [5.74, 6) is 0.460. The number of hydrogen-bond donors (Lipinski definition) is 2. The number of H-pyrrole nitrogens is 1. The molecule has 0 saturated carbocycles. The normalized spacial score (nSPS) is 11.9. The number of nitrogens with one attached hydrogen (secondary N) is 2. The van der Waals surface area contributed by atoms with E-state index in [2.05, 4.69) is 15.3 Å². The number of rotatable bonds is 7. The van der Waals surface area contributed by atoms with Crippen molar-refractivity contribution < 1.29 is 13.2 Å². The van der Waals surface area contributed by atoms with E-state index in [0.717, 1.165) is 25.0 Å². The van der Waals surface area contributed by atoms with Gasteiger partial charge in [0.05, 0.1) is 12.1 Å². The minimum atomic E-state index is -4.43. The number of halogens is 3. The Morgan fingerprint density at radius 1 is 1.17 bits per heavy atom. The van der Waals surface area contributed by atoms with Crippen LogP contribution < -0.4 is 16.6 Å². The summed E-state index contributed by atoms with van der Waals surface area (Å²) in [4.78, 5) is 31.4. The first-order valence-corrected chi connectivity index (χ1v) is 9.39. The van der Waals surface area contributed by atoms with Gasteiger partial charge in [-0.2, -0.15) is 13.2 Å². The number of hydrogen-bond acceptors (Lipinski definition) is 4. The van der Waals surface area contributed by atoms with Crippen LogP contribution >= 0.6 is 0 Å². The Morgan fingerprint density at radius 2 is 1.93 bits per heavy atom. The van der Waals surface area contributed by atoms with Gasteiger partial charge in [-0.15, -0.1) is 0 Å². The number of aromatic amines is 1. The summed E-state index contributed by atoms with van der Waals surface area (Å²) in [6.07, 6.45) is -2.82. The third-order valence-corrected chi connectivity index (χ3v) is 4.66. The number of unbranched alkanes of at least 4 members (excludes halogenated alkanes) is 1. The summed E-state index contributed by atoms with van der Waals surface area (Å²) < 4.78 is 41.8. The standard InChI is InChI=1S/C19H22F3N5O2/c1-3-5-9-27-16-15(17(28)25-18(27)29)26(4-2)14(24-16)11-23-13-8-6-7-12(10-13)19(20,21)22/h6-8,10,23H,3-5,9,11H2,1-2H3,(H,25,28,29). The van der Waals surface area contributed by atoms with Crippen LogP contribution in [0.15, 0.2) is 33.9 Å². The van der Waals surface area contributed by atoms with E-state index in [4.69, 9.17) is 0 Å². The maximum absolute atomic E-state index is 12.9. The smallest absolute Gasteiger partial charge is 0.378 e. The van der Waals surface area contributed by atoms with E-state index >= 15 is 0 Å². The molecule has 1 aromatic carbocycles. The number of aryl methyl sites for hydroxylation is 2. The summed E-state index contributed by atoms with van der Waals surface area (Å²) >= 11 is 0. The molecular weight excluding hydrogens is 387 g/mol. The molecule has 3 aromatic rings. The summed E-state index contributed by atoms with van der Waals surface area (Å²) in [7, 11) is 0. The number of aromatic nitrogens is 4. The Balaban J connectivity index is 1.99. The number of imidazole rings is 1. The number of benzene rings is 1. The molecule has 2 aromatic heterocycles. The van der Waals surface area contributed by atoms with Gasteiger partial charge in [0, 0.05) is 18.8 Å². The Labute approximate surface area is 164 Å². The first-order valence-electron chi connectivity index (χ1n) is 9.39. The van der Waals surface area contributed by atoms with Gasteiger partial charge in [-0.1, -0.05) is 19.4 Å². The average Bonchev–Trinajstić information content (AvgIpc) is 3.04. The molecule has 0 aliphatic carbocycles. The lowest BCUT2D eigenvalue weighted by Gasteiger charge is -2.11. The Kier molecular flexibility index (Phi) is 5.81. The molecule has 0 atom stereocenters. The number of anilines is 1. The molecular formula is C19H22F3N5O2. The average molecular weight is 409 g/mol. The number of nitrogens with zero attached hydrogens (tertiary/aromatic N) is 3. The SMILES string of the molecule is CCCCn1c(=O)[nH]c(=O)c2c1nc(CNc1cccc(C(F)(F)F)c1)n2CC. The summed E-state index contributed by atoms with van der Waals surface area (Å²) in [6.45, 7) is 4.76. The Hall–Kier alpha value is -3.04. The van der Waals surface area contributed by atoms with Crippen molar-refractivity contribution in [1.29, 1.82) is 0 Å². The first-order chi connectivity index (χ1) is 13.8. The molecule has 3 rings (SSSR count). The fourth-order valence-electron chi connectivity index (χ4n) is 3.20. The lowest BCUT2D eigenvalue weighted by Crippen LogP contribution is -2.31. The molecule has 2 heterocycles. The van der Waals surface area contributed by atoms with Crippen LogP contribution in [0.5, 0.6) is 0 Å². The minimum absolute atomic E-state index is 0.102. The van der Waals surface area contributed by atoms with Crippen molar-refractivity contribution in [3.05, 3.63) is 56.5 Å². The van der Waals surface area contributed by atoms with Crippen LogP contribution in [0.2, 0.25) is 0 Å². The molecule has 0 fully saturated rings. The highest BCUT2D eigenvalue weighted by atomic mass is 19.4. The van der Waals surface area contributed by atoms with Crippen LogP contribution in [-0.2, 0) is 25.8 Å². The lowest BCUT2D eigenvalue weighted by atomic mass is 10.2. The molecule has 0 aliphatic rings. The van der Waals surface area contributed by atoms with Gasteiger partial charge < -0.3 is 9.88 Å². The van der Waals surface area contributed by atoms with Crippen molar-refractivity contribution >= 4 is 16.9 Å². The highest BCUT2D eigenvalue weighted by molar-refractivity contribution is 5.71. The summed E-state index contributed by atoms with van der Waals surface area (Å²) in [6, 6.07) is 4.86. The van der Waals surface area contributed by atoms with Gasteiger partial charge in [-0.3, -0.25) is 14.3 Å². The van der Waals surface area contributed by atoms with Crippen LogP contribution in [0, 0.1) is 0 Å². The van der Waals surface area contributed by atoms with Crippen molar-refractivity contribution in [1.82, 2.24) is 19.1 Å². The van der Waals surface area contributed by atoms with Gasteiger partial charge in [-0.05, 0) is 31.5 Å². The van der Waals surface area contributed by atoms with Crippen LogP contribution in [0.25, 0.3) is 11.2 Å². The number of fused-ring (bicyclic) bond motifs is 1. The third kappa shape index (κ3) is 4.20. The van der Waals surface area contributed by atoms with Crippen LogP contribution in [0.4, 0.5) is 18.9 Å². The van der Waals surface area contributed by atoms with E-state index in [9.17, 15) is 22.8 Å². The highest BCUT2D eigenvalue weighted by Crippen LogP contribution is 2.30. The van der Waals surface area contributed by atoms with Gasteiger partial charge in [0.25, 0.3) is 5.56 Å². The predicted molar refractivity (Wildman–Crippen MR) is 104 cm³/mol. The summed E-state index contributed by atoms with van der Waals surface area (Å²) in [5.41, 5.74) is -0.950. The molecule has 0 amide bonds. The second-order valence-electron chi connectivity index (χ2n) is 6.64. The van der Waals surface area contributed by atoms with Crippen molar-refractivity contribution in [2.45, 2.75) is 52.5 Å². The molecule has 0 unspecified atom stereocenters. The van der Waals surface area contributed by atoms with Gasteiger partial charge in [0.1, 0.15) is 5.82 Å². The van der Waals surface area contributed by atoms with Gasteiger partial charge in [-0.25, -0.2) is 9.78 Å². The second kappa shape index (κ2) is 8.14. The Bertz CT molecular complexity index is 1130. The zero-order chi connectivity index (χ0) is 21.2. The molecule has 2 N–H and O–H groups in total. The fourth-order valence-corrected chi connectivity index (χ4v) is 3.20. The van der Waals surface area contributed by atoms with Crippen molar-refractivity contribution in [3.63, 3.8) is 0 Å². The maximum Gasteiger partial charge on any atom is 0.416 e. The highest BCUT2D eigenvalue weighted by Gasteiger charge is 2.30. The second-order valence-corrected chi connectivity index (χ2v) is 6.64. The van der Waals surface area contributed by atoms with Crippen LogP contribution in [-0.4, -0.2) is 19.1 Å². The van der Waals surface area contributed by atoms with E-state index in [1.54, 1.807) is 4.57 Å². The van der Waals surface area contributed by atoms with Crippen LogP contribution in [0.1, 0.15) is 38.1 Å². The third-order valence-electron chi connectivity index (χ3n) is 4.66. The largest absolute Gasteiger partial charge is 0.416 e. The molecule has 29 heavy (non-hydrogen) atoms. The zero-order valence-electron chi connectivity index (χ0n) is 16.1. The van der Waals surface area contributed by atoms with E-state index in [1.807, 2.05) is 13.8 Å². The zero-order valence-corrected chi connectivity index (χ0v) is 16.1. The molecule has 0 saturated heterocycles. The first kappa shape index (κ1) is 20.7. The van der Waals surface area contributed by atoms with E-state index in [0.29, 0.717) is 18.9 Å². The molecule has 10 heteroatoms. The number of alkyl halides is 3. The predicted octanol–water partition coefficient (Wildman–Crippen LogP) is 3.34. The lowest BCUT2D eigenvalue weighted by molar-refractivity contribution is -0.137. The van der Waals surface area contributed by atoms with E-state index in [1.165, 1.54) is 16.7 Å². The van der Waals surface area contributed by atoms with Crippen molar-refractivity contribution in [2.75, 3.05) is 5.32 Å². The van der Waals surface area contributed by atoms with Gasteiger partial charge in [0.2, 0.25) is 0 Å². The Morgan fingerprint density at radius 3 is 2.59 bits per heavy atom. The molecule has 0 aliphatic heterocycles. The van der Waals surface area contributed by atoms with Crippen molar-refractivity contribution in [2.24, 2.45) is 0 Å². The van der Waals surface area contributed by atoms with Gasteiger partial charge >= 0.3 is 11.9 Å². The van der Waals surface area contributed by atoms with Crippen molar-refractivity contribution in [3.8, 4) is 0 Å². The van der Waals surface area contributed by atoms with E-state index in [-0.39, 0.29) is 23.4 Å². The summed E-state index contributed by atoms with van der Waals surface area (Å²) in [5, 5.41) is 2.92. The van der Waals surface area contributed by atoms with E-state index < -0.39 is 23.0 Å². The molecule has 7 nitrogen and oxygen atoms in total. The minimum Gasteiger partial charge on any atom is -0.378 e. The van der Waals surface area contributed by atoms with Crippen LogP contribution in [0.3, 0.4) is 0 Å². The topological polar surface area (TPSA) is 84.7 Å². The quantitative estimate of drug-likeness (QED) is 0.627. The monoisotopic (exact) mass is 409 g/mol. The molecule has 0 radical (unpaired) electrons. The fraction of sp³-hybridized carbons (Fsp3) is 0.421. The molecule has 0 bridgehead atoms. The molecule has 0 spiro atoms. The maximum atomic E-state index is 12.9. The molecule has 156 valence electrons. The van der Waals surface area contributed by atoms with Gasteiger partial charge in [0.15, 0.2) is 11.2 Å².